The summed E-state index contributed by atoms with van der Waals surface area (Å²) in [7, 11) is 1.73. The molecule has 0 saturated heterocycles. The average molecular weight is 314 g/mol. The van der Waals surface area contributed by atoms with E-state index < -0.39 is 0 Å². The zero-order chi connectivity index (χ0) is 15.7. The van der Waals surface area contributed by atoms with E-state index >= 15 is 0 Å². The van der Waals surface area contributed by atoms with Gasteiger partial charge in [0, 0.05) is 26.7 Å². The monoisotopic (exact) mass is 313 g/mol. The van der Waals surface area contributed by atoms with Crippen LogP contribution in [0.1, 0.15) is 32.9 Å². The summed E-state index contributed by atoms with van der Waals surface area (Å²) in [6, 6.07) is 3.93. The normalized spacial score (nSPS) is 11.1. The Morgan fingerprint density at radius 3 is 2.76 bits per heavy atom. The van der Waals surface area contributed by atoms with E-state index in [2.05, 4.69) is 31.0 Å². The van der Waals surface area contributed by atoms with E-state index in [1.807, 2.05) is 12.1 Å². The Bertz CT molecular complexity index is 413. The van der Waals surface area contributed by atoms with Crippen LogP contribution in [0.4, 0.5) is 5.82 Å². The summed E-state index contributed by atoms with van der Waals surface area (Å²) in [6.45, 7) is 10.7. The van der Waals surface area contributed by atoms with E-state index in [0.29, 0.717) is 19.1 Å². The highest BCUT2D eigenvalue weighted by atomic mass is 35.5. The van der Waals surface area contributed by atoms with Gasteiger partial charge in [0.25, 0.3) is 0 Å². The predicted molar refractivity (Wildman–Crippen MR) is 90.2 cm³/mol. The van der Waals surface area contributed by atoms with Crippen LogP contribution >= 0.6 is 11.6 Å². The number of aromatic nitrogens is 1. The molecule has 1 aromatic heterocycles. The molecule has 0 bridgehead atoms. The largest absolute Gasteiger partial charge is 0.383 e. The quantitative estimate of drug-likeness (QED) is 0.672. The fourth-order valence-electron chi connectivity index (χ4n) is 2.10. The van der Waals surface area contributed by atoms with Crippen LogP contribution in [0.25, 0.3) is 0 Å². The van der Waals surface area contributed by atoms with E-state index in [1.165, 1.54) is 0 Å². The fraction of sp³-hybridized carbons (Fsp3) is 0.688. The van der Waals surface area contributed by atoms with Crippen LogP contribution in [0.5, 0.6) is 0 Å². The van der Waals surface area contributed by atoms with Crippen LogP contribution in [0.3, 0.4) is 0 Å². The number of hydrogen-bond donors (Lipinski definition) is 1. The van der Waals surface area contributed by atoms with Crippen molar-refractivity contribution in [1.82, 2.24) is 10.3 Å². The Morgan fingerprint density at radius 1 is 1.38 bits per heavy atom. The second-order valence-corrected chi connectivity index (χ2v) is 6.01. The van der Waals surface area contributed by atoms with Crippen LogP contribution in [-0.2, 0) is 11.3 Å². The van der Waals surface area contributed by atoms with Gasteiger partial charge >= 0.3 is 0 Å². The Kier molecular flexibility index (Phi) is 8.66. The minimum atomic E-state index is 0.570. The molecule has 5 heteroatoms. The molecule has 0 atom stereocenters. The molecule has 0 radical (unpaired) electrons. The summed E-state index contributed by atoms with van der Waals surface area (Å²) in [5, 5.41) is 4.07. The van der Waals surface area contributed by atoms with E-state index in [-0.39, 0.29) is 0 Å². The van der Waals surface area contributed by atoms with Gasteiger partial charge in [0.05, 0.1) is 17.3 Å². The molecule has 1 heterocycles. The topological polar surface area (TPSA) is 37.4 Å². The molecule has 0 unspecified atom stereocenters. The van der Waals surface area contributed by atoms with Crippen LogP contribution < -0.4 is 10.2 Å². The van der Waals surface area contributed by atoms with Gasteiger partial charge in [-0.15, -0.1) is 0 Å². The van der Waals surface area contributed by atoms with E-state index in [0.717, 1.165) is 42.6 Å². The molecule has 0 spiro atoms. The molecule has 1 rings (SSSR count). The maximum atomic E-state index is 6.24. The lowest BCUT2D eigenvalue weighted by atomic mass is 10.2. The standard InChI is InChI=1S/C16H28ClN3O/c1-5-8-18-11-15-14(17)6-7-16(19-15)20(9-10-21-4)12-13(2)3/h6-7,13,18H,5,8-12H2,1-4H3. The third kappa shape index (κ3) is 6.64. The lowest BCUT2D eigenvalue weighted by molar-refractivity contribution is 0.204. The van der Waals surface area contributed by atoms with Gasteiger partial charge in [-0.2, -0.15) is 0 Å². The molecule has 4 nitrogen and oxygen atoms in total. The Hall–Kier alpha value is -0.840. The third-order valence-corrected chi connectivity index (χ3v) is 3.44. The molecule has 21 heavy (non-hydrogen) atoms. The van der Waals surface area contributed by atoms with Gasteiger partial charge in [-0.3, -0.25) is 0 Å². The lowest BCUT2D eigenvalue weighted by Gasteiger charge is -2.26. The summed E-state index contributed by atoms with van der Waals surface area (Å²) in [6.07, 6.45) is 1.10. The summed E-state index contributed by atoms with van der Waals surface area (Å²) in [4.78, 5) is 6.98. The van der Waals surface area contributed by atoms with Crippen LogP contribution in [0.15, 0.2) is 12.1 Å². The number of methoxy groups -OCH3 is 1. The first-order chi connectivity index (χ1) is 10.1. The van der Waals surface area contributed by atoms with Crippen molar-refractivity contribution < 1.29 is 4.74 Å². The maximum Gasteiger partial charge on any atom is 0.129 e. The molecule has 0 fully saturated rings. The summed E-state index contributed by atoms with van der Waals surface area (Å²) in [5.74, 6) is 1.54. The molecule has 1 N–H and O–H groups in total. The van der Waals surface area contributed by atoms with Crippen molar-refractivity contribution >= 4 is 17.4 Å². The van der Waals surface area contributed by atoms with Crippen molar-refractivity contribution in [2.75, 3.05) is 38.3 Å². The number of anilines is 1. The van der Waals surface area contributed by atoms with Gasteiger partial charge in [-0.25, -0.2) is 4.98 Å². The van der Waals surface area contributed by atoms with Gasteiger partial charge in [-0.05, 0) is 31.0 Å². The van der Waals surface area contributed by atoms with Gasteiger partial charge < -0.3 is 15.0 Å². The zero-order valence-corrected chi connectivity index (χ0v) is 14.4. The van der Waals surface area contributed by atoms with Crippen molar-refractivity contribution in [3.8, 4) is 0 Å². The number of nitrogens with zero attached hydrogens (tertiary/aromatic N) is 2. The van der Waals surface area contributed by atoms with Crippen LogP contribution in [-0.4, -0.2) is 38.3 Å². The third-order valence-electron chi connectivity index (χ3n) is 3.10. The second-order valence-electron chi connectivity index (χ2n) is 5.61. The van der Waals surface area contributed by atoms with Gasteiger partial charge in [0.2, 0.25) is 0 Å². The molecule has 1 aromatic rings. The maximum absolute atomic E-state index is 6.24. The summed E-state index contributed by atoms with van der Waals surface area (Å²) in [5.41, 5.74) is 0.911. The first kappa shape index (κ1) is 18.2. The predicted octanol–water partition coefficient (Wildman–Crippen LogP) is 3.34. The number of ether oxygens (including phenoxy) is 1. The highest BCUT2D eigenvalue weighted by Crippen LogP contribution is 2.20. The molecular formula is C16H28ClN3O. The molecular weight excluding hydrogens is 286 g/mol. The first-order valence-electron chi connectivity index (χ1n) is 7.68. The van der Waals surface area contributed by atoms with Crippen LogP contribution in [0, 0.1) is 5.92 Å². The van der Waals surface area contributed by atoms with Crippen molar-refractivity contribution in [2.45, 2.75) is 33.7 Å². The van der Waals surface area contributed by atoms with Crippen molar-refractivity contribution in [3.05, 3.63) is 22.8 Å². The highest BCUT2D eigenvalue weighted by molar-refractivity contribution is 6.31. The van der Waals surface area contributed by atoms with Crippen LogP contribution in [0.2, 0.25) is 5.02 Å². The van der Waals surface area contributed by atoms with Crippen molar-refractivity contribution in [1.29, 1.82) is 0 Å². The van der Waals surface area contributed by atoms with Gasteiger partial charge in [0.1, 0.15) is 5.82 Å². The SMILES string of the molecule is CCCNCc1nc(N(CCOC)CC(C)C)ccc1Cl. The summed E-state index contributed by atoms with van der Waals surface area (Å²) < 4.78 is 5.20. The number of rotatable bonds is 10. The molecule has 0 aromatic carbocycles. The van der Waals surface area contributed by atoms with E-state index in [9.17, 15) is 0 Å². The number of nitrogens with one attached hydrogen (secondary N) is 1. The molecule has 0 saturated carbocycles. The number of halogens is 1. The molecule has 0 aliphatic heterocycles. The molecule has 0 amide bonds. The summed E-state index contributed by atoms with van der Waals surface area (Å²) >= 11 is 6.24. The first-order valence-corrected chi connectivity index (χ1v) is 8.06. The van der Waals surface area contributed by atoms with Crippen molar-refractivity contribution in [2.24, 2.45) is 5.92 Å². The van der Waals surface area contributed by atoms with E-state index in [1.54, 1.807) is 7.11 Å². The average Bonchev–Trinajstić information content (AvgIpc) is 2.45. The molecule has 120 valence electrons. The van der Waals surface area contributed by atoms with E-state index in [4.69, 9.17) is 21.3 Å². The lowest BCUT2D eigenvalue weighted by Crippen LogP contribution is -2.32. The Morgan fingerprint density at radius 2 is 2.14 bits per heavy atom. The van der Waals surface area contributed by atoms with Gasteiger partial charge in [0.15, 0.2) is 0 Å². The fourth-order valence-corrected chi connectivity index (χ4v) is 2.27. The minimum Gasteiger partial charge on any atom is -0.383 e. The number of hydrogen-bond acceptors (Lipinski definition) is 4. The minimum absolute atomic E-state index is 0.570. The van der Waals surface area contributed by atoms with Crippen molar-refractivity contribution in [3.63, 3.8) is 0 Å². The molecule has 0 aliphatic rings. The Balaban J connectivity index is 2.83. The smallest absolute Gasteiger partial charge is 0.129 e. The zero-order valence-electron chi connectivity index (χ0n) is 13.7. The second kappa shape index (κ2) is 9.98. The number of pyridine rings is 1. The Labute approximate surface area is 133 Å². The molecule has 0 aliphatic carbocycles. The van der Waals surface area contributed by atoms with Gasteiger partial charge in [-0.1, -0.05) is 32.4 Å². The highest BCUT2D eigenvalue weighted by Gasteiger charge is 2.12.